The lowest BCUT2D eigenvalue weighted by molar-refractivity contribution is -0.117. The van der Waals surface area contributed by atoms with Crippen LogP contribution in [-0.2, 0) is 32.4 Å². The summed E-state index contributed by atoms with van der Waals surface area (Å²) < 4.78 is 32.0. The third kappa shape index (κ3) is 4.70. The van der Waals surface area contributed by atoms with Crippen molar-refractivity contribution < 1.29 is 22.7 Å². The zero-order valence-electron chi connectivity index (χ0n) is 17.3. The fourth-order valence-corrected chi connectivity index (χ4v) is 7.87. The largest absolute Gasteiger partial charge is 0.465 e. The Morgan fingerprint density at radius 3 is 2.58 bits per heavy atom. The molecule has 0 bridgehead atoms. The molecule has 8 nitrogen and oxygen atoms in total. The molecule has 0 spiro atoms. The molecule has 0 radical (unpaired) electrons. The molecule has 0 unspecified atom stereocenters. The molecule has 31 heavy (non-hydrogen) atoms. The van der Waals surface area contributed by atoms with Gasteiger partial charge < -0.3 is 10.1 Å². The number of hydrogen-bond donors (Lipinski definition) is 1. The number of fused-ring (bicyclic) bond motifs is 1. The number of esters is 1. The third-order valence-electron chi connectivity index (χ3n) is 5.60. The van der Waals surface area contributed by atoms with Gasteiger partial charge in [0.05, 0.1) is 19.2 Å². The first kappa shape index (κ1) is 22.4. The van der Waals surface area contributed by atoms with E-state index >= 15 is 0 Å². The van der Waals surface area contributed by atoms with Crippen molar-refractivity contribution in [3.05, 3.63) is 33.5 Å². The summed E-state index contributed by atoms with van der Waals surface area (Å²) >= 11 is 2.67. The van der Waals surface area contributed by atoms with E-state index in [1.54, 1.807) is 17.5 Å². The van der Waals surface area contributed by atoms with Crippen LogP contribution in [0.25, 0.3) is 0 Å². The van der Waals surface area contributed by atoms with E-state index in [9.17, 15) is 18.0 Å². The number of hydrogen-bond acceptors (Lipinski definition) is 8. The second-order valence-electron chi connectivity index (χ2n) is 7.57. The smallest absolute Gasteiger partial charge is 0.341 e. The van der Waals surface area contributed by atoms with E-state index in [1.807, 2.05) is 4.90 Å². The minimum atomic E-state index is -3.46. The number of piperazine rings is 1. The third-order valence-corrected chi connectivity index (χ3v) is 10.1. The van der Waals surface area contributed by atoms with E-state index in [4.69, 9.17) is 4.74 Å². The minimum absolute atomic E-state index is 0.149. The van der Waals surface area contributed by atoms with E-state index in [2.05, 4.69) is 5.32 Å². The predicted octanol–water partition coefficient (Wildman–Crippen LogP) is 2.42. The number of nitrogens with zero attached hydrogens (tertiary/aromatic N) is 2. The quantitative estimate of drug-likeness (QED) is 0.634. The predicted molar refractivity (Wildman–Crippen MR) is 120 cm³/mol. The van der Waals surface area contributed by atoms with Gasteiger partial charge in [-0.05, 0) is 42.7 Å². The monoisotopic (exact) mass is 483 g/mol. The molecule has 2 aliphatic rings. The van der Waals surface area contributed by atoms with Gasteiger partial charge in [-0.3, -0.25) is 9.69 Å². The molecule has 2 aromatic rings. The summed E-state index contributed by atoms with van der Waals surface area (Å²) in [6.45, 7) is 1.78. The molecule has 2 aromatic heterocycles. The standard InChI is InChI=1S/C20H25N3O5S3/c1-28-20(25)18-14-5-2-3-6-15(14)30-19(18)21-16(24)13-22-8-10-23(11-9-22)31(26,27)17-7-4-12-29-17/h4,7,12H,2-3,5-6,8-11,13H2,1H3,(H,21,24). The first-order valence-corrected chi connectivity index (χ1v) is 13.3. The van der Waals surface area contributed by atoms with Crippen LogP contribution < -0.4 is 5.32 Å². The number of nitrogens with one attached hydrogen (secondary N) is 1. The van der Waals surface area contributed by atoms with Crippen molar-refractivity contribution in [2.45, 2.75) is 29.9 Å². The number of carbonyl (C=O) groups excluding carboxylic acids is 2. The van der Waals surface area contributed by atoms with Gasteiger partial charge in [0.15, 0.2) is 0 Å². The Morgan fingerprint density at radius 2 is 1.90 bits per heavy atom. The van der Waals surface area contributed by atoms with Gasteiger partial charge in [-0.2, -0.15) is 4.31 Å². The van der Waals surface area contributed by atoms with E-state index in [0.717, 1.165) is 36.1 Å². The van der Waals surface area contributed by atoms with Gasteiger partial charge in [-0.1, -0.05) is 6.07 Å². The Hall–Kier alpha value is -1.79. The molecule has 1 saturated heterocycles. The number of aryl methyl sites for hydroxylation is 1. The van der Waals surface area contributed by atoms with Crippen molar-refractivity contribution in [2.24, 2.45) is 0 Å². The molecule has 11 heteroatoms. The molecular formula is C20H25N3O5S3. The van der Waals surface area contributed by atoms with Gasteiger partial charge >= 0.3 is 5.97 Å². The van der Waals surface area contributed by atoms with Crippen LogP contribution in [0.5, 0.6) is 0 Å². The second kappa shape index (κ2) is 9.37. The van der Waals surface area contributed by atoms with Crippen molar-refractivity contribution in [3.63, 3.8) is 0 Å². The molecule has 1 N–H and O–H groups in total. The molecule has 1 aliphatic carbocycles. The second-order valence-corrected chi connectivity index (χ2v) is 11.8. The Labute approximate surface area is 189 Å². The number of rotatable bonds is 6. The average molecular weight is 484 g/mol. The van der Waals surface area contributed by atoms with Crippen LogP contribution >= 0.6 is 22.7 Å². The van der Waals surface area contributed by atoms with Crippen LogP contribution in [0.1, 0.15) is 33.6 Å². The van der Waals surface area contributed by atoms with Gasteiger partial charge in [0.1, 0.15) is 9.21 Å². The highest BCUT2D eigenvalue weighted by Gasteiger charge is 2.31. The fourth-order valence-electron chi connectivity index (χ4n) is 4.01. The molecule has 1 fully saturated rings. The summed E-state index contributed by atoms with van der Waals surface area (Å²) in [4.78, 5) is 28.1. The Morgan fingerprint density at radius 1 is 1.16 bits per heavy atom. The molecule has 0 atom stereocenters. The summed E-state index contributed by atoms with van der Waals surface area (Å²) in [5, 5.41) is 5.21. The highest BCUT2D eigenvalue weighted by Crippen LogP contribution is 2.38. The lowest BCUT2D eigenvalue weighted by atomic mass is 9.95. The molecule has 3 heterocycles. The van der Waals surface area contributed by atoms with Crippen molar-refractivity contribution >= 4 is 49.6 Å². The van der Waals surface area contributed by atoms with Gasteiger partial charge in [0.25, 0.3) is 10.0 Å². The summed E-state index contributed by atoms with van der Waals surface area (Å²) in [6, 6.07) is 3.34. The van der Waals surface area contributed by atoms with Crippen molar-refractivity contribution in [2.75, 3.05) is 45.2 Å². The molecular weight excluding hydrogens is 458 g/mol. The number of anilines is 1. The maximum absolute atomic E-state index is 12.7. The number of methoxy groups -OCH3 is 1. The SMILES string of the molecule is COC(=O)c1c(NC(=O)CN2CCN(S(=O)(=O)c3cccs3)CC2)sc2c1CCCC2. The normalized spacial score (nSPS) is 17.8. The highest BCUT2D eigenvalue weighted by molar-refractivity contribution is 7.91. The number of sulfonamides is 1. The maximum atomic E-state index is 12.7. The lowest BCUT2D eigenvalue weighted by Gasteiger charge is -2.33. The maximum Gasteiger partial charge on any atom is 0.341 e. The van der Waals surface area contributed by atoms with Crippen LogP contribution in [0.3, 0.4) is 0 Å². The van der Waals surface area contributed by atoms with Gasteiger partial charge in [0.2, 0.25) is 5.91 Å². The molecule has 0 aromatic carbocycles. The zero-order chi connectivity index (χ0) is 22.0. The number of amides is 1. The number of carbonyl (C=O) groups is 2. The van der Waals surface area contributed by atoms with Gasteiger partial charge in [-0.15, -0.1) is 22.7 Å². The zero-order valence-corrected chi connectivity index (χ0v) is 19.7. The van der Waals surface area contributed by atoms with Crippen LogP contribution in [0.2, 0.25) is 0 Å². The number of thiophene rings is 2. The van der Waals surface area contributed by atoms with Crippen molar-refractivity contribution in [1.82, 2.24) is 9.21 Å². The Balaban J connectivity index is 1.37. The average Bonchev–Trinajstić information content (AvgIpc) is 3.42. The first-order chi connectivity index (χ1) is 14.9. The summed E-state index contributed by atoms with van der Waals surface area (Å²) in [5.74, 6) is -0.625. The van der Waals surface area contributed by atoms with Gasteiger partial charge in [-0.25, -0.2) is 13.2 Å². The van der Waals surface area contributed by atoms with E-state index in [-0.39, 0.29) is 12.5 Å². The topological polar surface area (TPSA) is 96.0 Å². The van der Waals surface area contributed by atoms with Crippen molar-refractivity contribution in [3.8, 4) is 0 Å². The molecule has 4 rings (SSSR count). The molecule has 1 aliphatic heterocycles. The van der Waals surface area contributed by atoms with Crippen LogP contribution in [0, 0.1) is 0 Å². The van der Waals surface area contributed by atoms with E-state index in [1.165, 1.54) is 34.1 Å². The van der Waals surface area contributed by atoms with E-state index in [0.29, 0.717) is 41.0 Å². The van der Waals surface area contributed by atoms with Crippen LogP contribution in [0.4, 0.5) is 5.00 Å². The highest BCUT2D eigenvalue weighted by atomic mass is 32.2. The first-order valence-electron chi connectivity index (χ1n) is 10.2. The van der Waals surface area contributed by atoms with Crippen molar-refractivity contribution in [1.29, 1.82) is 0 Å². The summed E-state index contributed by atoms with van der Waals surface area (Å²) in [7, 11) is -2.11. The Kier molecular flexibility index (Phi) is 6.77. The fraction of sp³-hybridized carbons (Fsp3) is 0.500. The van der Waals surface area contributed by atoms with Crippen LogP contribution in [-0.4, -0.2) is 69.3 Å². The summed E-state index contributed by atoms with van der Waals surface area (Å²) in [5.41, 5.74) is 1.49. The van der Waals surface area contributed by atoms with E-state index < -0.39 is 16.0 Å². The minimum Gasteiger partial charge on any atom is -0.465 e. The lowest BCUT2D eigenvalue weighted by Crippen LogP contribution is -2.50. The van der Waals surface area contributed by atoms with Crippen LogP contribution in [0.15, 0.2) is 21.7 Å². The molecule has 168 valence electrons. The summed E-state index contributed by atoms with van der Waals surface area (Å²) in [6.07, 6.45) is 3.85. The van der Waals surface area contributed by atoms with Gasteiger partial charge in [0, 0.05) is 31.1 Å². The Bertz CT molecular complexity index is 1050. The molecule has 1 amide bonds. The number of ether oxygens (including phenoxy) is 1. The molecule has 0 saturated carbocycles.